The van der Waals surface area contributed by atoms with Crippen LogP contribution in [0.15, 0.2) is 24.3 Å². The van der Waals surface area contributed by atoms with E-state index >= 15 is 0 Å². The molecule has 1 N–H and O–H groups in total. The van der Waals surface area contributed by atoms with E-state index in [1.165, 1.54) is 24.0 Å². The molecule has 1 aromatic rings. The van der Waals surface area contributed by atoms with Crippen LogP contribution >= 0.6 is 0 Å². The highest BCUT2D eigenvalue weighted by Crippen LogP contribution is 2.32. The van der Waals surface area contributed by atoms with Crippen LogP contribution in [0.5, 0.6) is 0 Å². The minimum Gasteiger partial charge on any atom is -0.349 e. The Morgan fingerprint density at radius 2 is 1.94 bits per heavy atom. The molecule has 17 heavy (non-hydrogen) atoms. The van der Waals surface area contributed by atoms with Gasteiger partial charge in [-0.05, 0) is 43.2 Å². The van der Waals surface area contributed by atoms with Gasteiger partial charge in [0.1, 0.15) is 0 Å². The van der Waals surface area contributed by atoms with Crippen LogP contribution < -0.4 is 5.32 Å². The molecule has 1 fully saturated rings. The van der Waals surface area contributed by atoms with Crippen LogP contribution in [0.4, 0.5) is 0 Å². The molecule has 2 aliphatic carbocycles. The number of hydrogen-bond donors (Lipinski definition) is 1. The lowest BCUT2D eigenvalue weighted by Gasteiger charge is -2.30. The van der Waals surface area contributed by atoms with Crippen molar-refractivity contribution in [3.05, 3.63) is 35.4 Å². The molecule has 1 saturated carbocycles. The van der Waals surface area contributed by atoms with E-state index in [1.54, 1.807) is 0 Å². The molecule has 0 spiro atoms. The lowest BCUT2D eigenvalue weighted by atomic mass is 9.83. The van der Waals surface area contributed by atoms with E-state index in [9.17, 15) is 4.79 Å². The molecule has 0 aliphatic heterocycles. The summed E-state index contributed by atoms with van der Waals surface area (Å²) < 4.78 is 0. The molecule has 0 unspecified atom stereocenters. The maximum atomic E-state index is 12.0. The Balaban J connectivity index is 1.73. The molecular formula is C15H19NO. The molecule has 0 heterocycles. The van der Waals surface area contributed by atoms with Gasteiger partial charge in [-0.3, -0.25) is 4.79 Å². The topological polar surface area (TPSA) is 29.1 Å². The first-order valence-electron chi connectivity index (χ1n) is 6.73. The highest BCUT2D eigenvalue weighted by atomic mass is 16.2. The van der Waals surface area contributed by atoms with Crippen LogP contribution in [-0.2, 0) is 11.2 Å². The number of hydrogen-bond acceptors (Lipinski definition) is 1. The van der Waals surface area contributed by atoms with Gasteiger partial charge in [-0.1, -0.05) is 30.7 Å². The van der Waals surface area contributed by atoms with E-state index in [2.05, 4.69) is 29.6 Å². The van der Waals surface area contributed by atoms with Crippen molar-refractivity contribution >= 4 is 5.91 Å². The number of amides is 1. The number of benzene rings is 1. The van der Waals surface area contributed by atoms with Crippen LogP contribution in [-0.4, -0.2) is 5.91 Å². The quantitative estimate of drug-likeness (QED) is 0.830. The SMILES string of the molecule is O=C(N[C@H]1CCCc2ccccc21)C1CCC1. The fourth-order valence-electron chi connectivity index (χ4n) is 2.86. The van der Waals surface area contributed by atoms with Crippen LogP contribution in [0.1, 0.15) is 49.3 Å². The summed E-state index contributed by atoms with van der Waals surface area (Å²) in [6.45, 7) is 0. The van der Waals surface area contributed by atoms with Gasteiger partial charge in [0.2, 0.25) is 5.91 Å². The maximum Gasteiger partial charge on any atom is 0.223 e. The van der Waals surface area contributed by atoms with Crippen LogP contribution in [0, 0.1) is 5.92 Å². The second-order valence-corrected chi connectivity index (χ2v) is 5.28. The minimum atomic E-state index is 0.257. The van der Waals surface area contributed by atoms with Gasteiger partial charge in [0, 0.05) is 5.92 Å². The summed E-state index contributed by atoms with van der Waals surface area (Å²) in [5.74, 6) is 0.571. The summed E-state index contributed by atoms with van der Waals surface area (Å²) in [6, 6.07) is 8.78. The second kappa shape index (κ2) is 4.52. The summed E-state index contributed by atoms with van der Waals surface area (Å²) in [4.78, 5) is 12.0. The van der Waals surface area contributed by atoms with Crippen molar-refractivity contribution in [2.75, 3.05) is 0 Å². The van der Waals surface area contributed by atoms with Gasteiger partial charge in [-0.25, -0.2) is 0 Å². The molecule has 2 heteroatoms. The molecule has 0 bridgehead atoms. The molecule has 90 valence electrons. The zero-order valence-electron chi connectivity index (χ0n) is 10.1. The Morgan fingerprint density at radius 1 is 1.12 bits per heavy atom. The second-order valence-electron chi connectivity index (χ2n) is 5.28. The Labute approximate surface area is 102 Å². The summed E-state index contributed by atoms with van der Waals surface area (Å²) >= 11 is 0. The average Bonchev–Trinajstić information content (AvgIpc) is 2.27. The molecule has 1 amide bonds. The summed E-state index contributed by atoms with van der Waals surface area (Å²) in [7, 11) is 0. The number of carbonyl (C=O) groups excluding carboxylic acids is 1. The van der Waals surface area contributed by atoms with Gasteiger partial charge in [-0.15, -0.1) is 0 Å². The lowest BCUT2D eigenvalue weighted by Crippen LogP contribution is -2.38. The standard InChI is InChI=1S/C15H19NO/c17-15(12-7-3-8-12)16-14-10-4-6-11-5-1-2-9-13(11)14/h1-2,5,9,12,14H,3-4,6-8,10H2,(H,16,17)/t14-/m0/s1. The zero-order chi connectivity index (χ0) is 11.7. The number of nitrogens with one attached hydrogen (secondary N) is 1. The number of carbonyl (C=O) groups is 1. The van der Waals surface area contributed by atoms with Gasteiger partial charge in [-0.2, -0.15) is 0 Å². The molecule has 0 radical (unpaired) electrons. The number of fused-ring (bicyclic) bond motifs is 1. The van der Waals surface area contributed by atoms with Gasteiger partial charge in [0.15, 0.2) is 0 Å². The van der Waals surface area contributed by atoms with E-state index in [0.29, 0.717) is 5.92 Å². The molecule has 0 aromatic heterocycles. The van der Waals surface area contributed by atoms with Gasteiger partial charge in [0.05, 0.1) is 6.04 Å². The van der Waals surface area contributed by atoms with Crippen molar-refractivity contribution in [3.8, 4) is 0 Å². The smallest absolute Gasteiger partial charge is 0.223 e. The first-order valence-corrected chi connectivity index (χ1v) is 6.73. The Kier molecular flexibility index (Phi) is 2.87. The highest BCUT2D eigenvalue weighted by Gasteiger charge is 2.28. The Bertz CT molecular complexity index is 423. The minimum absolute atomic E-state index is 0.257. The van der Waals surface area contributed by atoms with E-state index in [-0.39, 0.29) is 11.9 Å². The average molecular weight is 229 g/mol. The largest absolute Gasteiger partial charge is 0.349 e. The molecule has 2 aliphatic rings. The van der Waals surface area contributed by atoms with Gasteiger partial charge in [0.25, 0.3) is 0 Å². The molecule has 1 aromatic carbocycles. The Morgan fingerprint density at radius 3 is 2.71 bits per heavy atom. The molecule has 1 atom stereocenters. The molecule has 2 nitrogen and oxygen atoms in total. The maximum absolute atomic E-state index is 12.0. The van der Waals surface area contributed by atoms with Crippen molar-refractivity contribution in [3.63, 3.8) is 0 Å². The van der Waals surface area contributed by atoms with Crippen LogP contribution in [0.2, 0.25) is 0 Å². The first kappa shape index (κ1) is 10.8. The van der Waals surface area contributed by atoms with Crippen molar-refractivity contribution in [1.82, 2.24) is 5.32 Å². The van der Waals surface area contributed by atoms with Gasteiger partial charge < -0.3 is 5.32 Å². The molecule has 0 saturated heterocycles. The fraction of sp³-hybridized carbons (Fsp3) is 0.533. The zero-order valence-corrected chi connectivity index (χ0v) is 10.1. The fourth-order valence-corrected chi connectivity index (χ4v) is 2.86. The van der Waals surface area contributed by atoms with E-state index < -0.39 is 0 Å². The van der Waals surface area contributed by atoms with Crippen molar-refractivity contribution in [2.45, 2.75) is 44.6 Å². The third-order valence-corrected chi connectivity index (χ3v) is 4.16. The monoisotopic (exact) mass is 229 g/mol. The van der Waals surface area contributed by atoms with E-state index in [1.807, 2.05) is 0 Å². The number of aryl methyl sites for hydroxylation is 1. The predicted molar refractivity (Wildman–Crippen MR) is 67.6 cm³/mol. The first-order chi connectivity index (χ1) is 8.34. The van der Waals surface area contributed by atoms with Gasteiger partial charge >= 0.3 is 0 Å². The van der Waals surface area contributed by atoms with Crippen LogP contribution in [0.25, 0.3) is 0 Å². The summed E-state index contributed by atoms with van der Waals surface area (Å²) in [5, 5.41) is 3.24. The molecule has 3 rings (SSSR count). The van der Waals surface area contributed by atoms with Crippen molar-refractivity contribution in [2.24, 2.45) is 5.92 Å². The summed E-state index contributed by atoms with van der Waals surface area (Å²) in [5.41, 5.74) is 2.75. The predicted octanol–water partition coefficient (Wildman–Crippen LogP) is 2.98. The van der Waals surface area contributed by atoms with Crippen molar-refractivity contribution < 1.29 is 4.79 Å². The van der Waals surface area contributed by atoms with E-state index in [0.717, 1.165) is 25.7 Å². The number of rotatable bonds is 2. The Hall–Kier alpha value is -1.31. The van der Waals surface area contributed by atoms with Crippen LogP contribution in [0.3, 0.4) is 0 Å². The highest BCUT2D eigenvalue weighted by molar-refractivity contribution is 5.79. The van der Waals surface area contributed by atoms with Crippen molar-refractivity contribution in [1.29, 1.82) is 0 Å². The van der Waals surface area contributed by atoms with E-state index in [4.69, 9.17) is 0 Å². The summed E-state index contributed by atoms with van der Waals surface area (Å²) in [6.07, 6.45) is 6.83. The normalized spacial score (nSPS) is 23.6. The third-order valence-electron chi connectivity index (χ3n) is 4.16. The third kappa shape index (κ3) is 2.08. The molecular weight excluding hydrogens is 210 g/mol. The lowest BCUT2D eigenvalue weighted by molar-refractivity contribution is -0.128.